The van der Waals surface area contributed by atoms with Crippen molar-refractivity contribution in [1.82, 2.24) is 30.0 Å². The molecule has 34 heavy (non-hydrogen) atoms. The third-order valence-electron chi connectivity index (χ3n) is 5.88. The molecule has 2 aromatic carbocycles. The molecule has 1 atom stereocenters. The number of likely N-dealkylation sites (tertiary alicyclic amines) is 1. The fraction of sp³-hybridized carbons (Fsp3) is 0.261. The Hall–Kier alpha value is -3.43. The second kappa shape index (κ2) is 9.08. The predicted octanol–water partition coefficient (Wildman–Crippen LogP) is 4.92. The van der Waals surface area contributed by atoms with Gasteiger partial charge in [0.1, 0.15) is 17.5 Å². The maximum absolute atomic E-state index is 13.8. The van der Waals surface area contributed by atoms with Crippen molar-refractivity contribution in [3.8, 4) is 22.8 Å². The van der Waals surface area contributed by atoms with Crippen molar-refractivity contribution in [3.63, 3.8) is 0 Å². The Kier molecular flexibility index (Phi) is 5.97. The lowest BCUT2D eigenvalue weighted by Crippen LogP contribution is -2.31. The molecule has 1 amide bonds. The van der Waals surface area contributed by atoms with Gasteiger partial charge in [0.2, 0.25) is 11.7 Å². The lowest BCUT2D eigenvalue weighted by Gasteiger charge is -2.23. The van der Waals surface area contributed by atoms with Crippen molar-refractivity contribution in [1.29, 1.82) is 0 Å². The normalized spacial score (nSPS) is 15.6. The lowest BCUT2D eigenvalue weighted by atomic mass is 10.1. The van der Waals surface area contributed by atoms with Gasteiger partial charge < -0.3 is 14.2 Å². The lowest BCUT2D eigenvalue weighted by molar-refractivity contribution is 0.0709. The zero-order chi connectivity index (χ0) is 23.8. The van der Waals surface area contributed by atoms with E-state index in [-0.39, 0.29) is 11.9 Å². The molecule has 4 aromatic rings. The van der Waals surface area contributed by atoms with E-state index in [1.54, 1.807) is 17.0 Å². The molecule has 2 aromatic heterocycles. The van der Waals surface area contributed by atoms with Crippen molar-refractivity contribution < 1.29 is 14.1 Å². The molecule has 5 rings (SSSR count). The molecule has 1 unspecified atom stereocenters. The van der Waals surface area contributed by atoms with Gasteiger partial charge in [-0.3, -0.25) is 4.79 Å². The van der Waals surface area contributed by atoms with E-state index in [9.17, 15) is 4.79 Å². The standard InChI is InChI=1S/C23H20Cl2N6O3/c1-13-14(5-3-6-16(13)24)21-28-22(34-29-21)18-7-4-10-30(18)23(32)15-11-20(33-2)17(25)12-19(15)31-26-8-9-27-31/h3,5-6,8-9,11-12,18H,4,7,10H2,1-2H3. The maximum Gasteiger partial charge on any atom is 0.256 e. The summed E-state index contributed by atoms with van der Waals surface area (Å²) in [5.41, 5.74) is 2.45. The number of amides is 1. The second-order valence-electron chi connectivity index (χ2n) is 7.85. The largest absolute Gasteiger partial charge is 0.495 e. The Morgan fingerprint density at radius 1 is 1.18 bits per heavy atom. The van der Waals surface area contributed by atoms with Crippen LogP contribution in [0.3, 0.4) is 0 Å². The molecular formula is C23H20Cl2N6O3. The molecule has 1 fully saturated rings. The molecule has 174 valence electrons. The van der Waals surface area contributed by atoms with Gasteiger partial charge in [-0.25, -0.2) is 0 Å². The van der Waals surface area contributed by atoms with Gasteiger partial charge in [0.25, 0.3) is 5.91 Å². The third-order valence-corrected chi connectivity index (χ3v) is 6.59. The van der Waals surface area contributed by atoms with Crippen molar-refractivity contribution in [2.24, 2.45) is 0 Å². The first-order chi connectivity index (χ1) is 16.5. The molecule has 0 bridgehead atoms. The number of aromatic nitrogens is 5. The molecule has 0 radical (unpaired) electrons. The highest BCUT2D eigenvalue weighted by molar-refractivity contribution is 6.32. The van der Waals surface area contributed by atoms with E-state index in [1.165, 1.54) is 24.3 Å². The molecule has 3 heterocycles. The van der Waals surface area contributed by atoms with Crippen molar-refractivity contribution in [2.45, 2.75) is 25.8 Å². The number of hydrogen-bond donors (Lipinski definition) is 0. The van der Waals surface area contributed by atoms with Crippen LogP contribution in [0.25, 0.3) is 17.1 Å². The van der Waals surface area contributed by atoms with E-state index in [0.717, 1.165) is 17.5 Å². The van der Waals surface area contributed by atoms with Gasteiger partial charge >= 0.3 is 0 Å². The van der Waals surface area contributed by atoms with Gasteiger partial charge in [-0.2, -0.15) is 20.0 Å². The number of hydrogen-bond acceptors (Lipinski definition) is 7. The van der Waals surface area contributed by atoms with Gasteiger partial charge in [-0.05, 0) is 43.5 Å². The molecule has 11 heteroatoms. The Labute approximate surface area is 205 Å². The quantitative estimate of drug-likeness (QED) is 0.384. The minimum Gasteiger partial charge on any atom is -0.495 e. The first kappa shape index (κ1) is 22.4. The Bertz CT molecular complexity index is 1360. The highest BCUT2D eigenvalue weighted by Gasteiger charge is 2.36. The van der Waals surface area contributed by atoms with E-state index >= 15 is 0 Å². The zero-order valence-corrected chi connectivity index (χ0v) is 19.9. The summed E-state index contributed by atoms with van der Waals surface area (Å²) < 4.78 is 11.0. The predicted molar refractivity (Wildman–Crippen MR) is 125 cm³/mol. The highest BCUT2D eigenvalue weighted by atomic mass is 35.5. The van der Waals surface area contributed by atoms with Crippen molar-refractivity contribution in [2.75, 3.05) is 13.7 Å². The van der Waals surface area contributed by atoms with Crippen LogP contribution in [-0.4, -0.2) is 49.6 Å². The second-order valence-corrected chi connectivity index (χ2v) is 8.66. The summed E-state index contributed by atoms with van der Waals surface area (Å²) in [6.07, 6.45) is 4.55. The van der Waals surface area contributed by atoms with Crippen LogP contribution in [0.15, 0.2) is 47.2 Å². The molecule has 0 saturated carbocycles. The van der Waals surface area contributed by atoms with E-state index in [0.29, 0.717) is 51.7 Å². The van der Waals surface area contributed by atoms with Crippen molar-refractivity contribution in [3.05, 3.63) is 69.8 Å². The first-order valence-electron chi connectivity index (χ1n) is 10.6. The molecule has 0 N–H and O–H groups in total. The minimum absolute atomic E-state index is 0.233. The van der Waals surface area contributed by atoms with E-state index < -0.39 is 0 Å². The molecule has 0 aliphatic carbocycles. The van der Waals surface area contributed by atoms with Gasteiger partial charge in [-0.1, -0.05) is 40.5 Å². The fourth-order valence-electron chi connectivity index (χ4n) is 4.13. The maximum atomic E-state index is 13.8. The van der Waals surface area contributed by atoms with Gasteiger partial charge in [0, 0.05) is 17.1 Å². The number of nitrogens with zero attached hydrogens (tertiary/aromatic N) is 6. The summed E-state index contributed by atoms with van der Waals surface area (Å²) in [5, 5.41) is 13.5. The topological polar surface area (TPSA) is 99.2 Å². The molecule has 1 aliphatic heterocycles. The Balaban J connectivity index is 1.50. The number of rotatable bonds is 5. The van der Waals surface area contributed by atoms with E-state index in [4.69, 9.17) is 32.5 Å². The number of benzene rings is 2. The van der Waals surface area contributed by atoms with Crippen LogP contribution in [0.5, 0.6) is 5.75 Å². The minimum atomic E-state index is -0.367. The average Bonchev–Trinajstić information content (AvgIpc) is 3.61. The smallest absolute Gasteiger partial charge is 0.256 e. The summed E-state index contributed by atoms with van der Waals surface area (Å²) in [5.74, 6) is 0.959. The molecule has 1 aliphatic rings. The molecular weight excluding hydrogens is 479 g/mol. The van der Waals surface area contributed by atoms with Crippen LogP contribution in [0.4, 0.5) is 0 Å². The van der Waals surface area contributed by atoms with Crippen LogP contribution in [0, 0.1) is 6.92 Å². The number of carbonyl (C=O) groups excluding carboxylic acids is 1. The molecule has 0 spiro atoms. The molecule has 1 saturated heterocycles. The average molecular weight is 499 g/mol. The SMILES string of the molecule is COc1cc(C(=O)N2CCCC2c2nc(-c3cccc(Cl)c3C)no2)c(-n2nccn2)cc1Cl. The highest BCUT2D eigenvalue weighted by Crippen LogP contribution is 2.37. The Morgan fingerprint density at radius 2 is 1.97 bits per heavy atom. The van der Waals surface area contributed by atoms with E-state index in [2.05, 4.69) is 20.3 Å². The van der Waals surface area contributed by atoms with Gasteiger partial charge in [0.05, 0.1) is 30.1 Å². The first-order valence-corrected chi connectivity index (χ1v) is 11.4. The summed E-state index contributed by atoms with van der Waals surface area (Å²) >= 11 is 12.6. The number of ether oxygens (including phenoxy) is 1. The van der Waals surface area contributed by atoms with Crippen LogP contribution >= 0.6 is 23.2 Å². The number of halogens is 2. The van der Waals surface area contributed by atoms with Crippen molar-refractivity contribution >= 4 is 29.1 Å². The number of carbonyl (C=O) groups is 1. The summed E-state index contributed by atoms with van der Waals surface area (Å²) in [6.45, 7) is 2.44. The van der Waals surface area contributed by atoms with Gasteiger partial charge in [-0.15, -0.1) is 0 Å². The van der Waals surface area contributed by atoms with Crippen LogP contribution in [-0.2, 0) is 0 Å². The third kappa shape index (κ3) is 3.91. The fourth-order valence-corrected chi connectivity index (χ4v) is 4.54. The van der Waals surface area contributed by atoms with E-state index in [1.807, 2.05) is 25.1 Å². The van der Waals surface area contributed by atoms with Crippen LogP contribution < -0.4 is 4.74 Å². The summed E-state index contributed by atoms with van der Waals surface area (Å²) in [6, 6.07) is 8.39. The molecule has 9 nitrogen and oxygen atoms in total. The van der Waals surface area contributed by atoms with Crippen LogP contribution in [0.2, 0.25) is 10.0 Å². The summed E-state index contributed by atoms with van der Waals surface area (Å²) in [7, 11) is 1.50. The van der Waals surface area contributed by atoms with Crippen LogP contribution in [0.1, 0.15) is 40.7 Å². The Morgan fingerprint density at radius 3 is 2.74 bits per heavy atom. The summed E-state index contributed by atoms with van der Waals surface area (Å²) in [4.78, 5) is 21.4. The van der Waals surface area contributed by atoms with Gasteiger partial charge in [0.15, 0.2) is 0 Å². The monoisotopic (exact) mass is 498 g/mol. The zero-order valence-electron chi connectivity index (χ0n) is 18.4. The number of methoxy groups -OCH3 is 1.